The van der Waals surface area contributed by atoms with Gasteiger partial charge in [0.1, 0.15) is 0 Å². The van der Waals surface area contributed by atoms with Crippen molar-refractivity contribution in [3.05, 3.63) is 0 Å². The second-order valence-electron chi connectivity index (χ2n) is 5.99. The molecular formula is C16H38N6O6. The molecule has 168 valence electrons. The van der Waals surface area contributed by atoms with Crippen LogP contribution in [0.5, 0.6) is 0 Å². The summed E-state index contributed by atoms with van der Waals surface area (Å²) in [5.74, 6) is -3.46. The first-order valence-electron chi connectivity index (χ1n) is 9.02. The molecule has 0 aliphatic carbocycles. The Labute approximate surface area is 165 Å². The van der Waals surface area contributed by atoms with Gasteiger partial charge in [0, 0.05) is 13.1 Å². The van der Waals surface area contributed by atoms with E-state index in [2.05, 4.69) is 0 Å². The molecule has 1 unspecified atom stereocenters. The van der Waals surface area contributed by atoms with Crippen molar-refractivity contribution in [3.8, 4) is 0 Å². The van der Waals surface area contributed by atoms with Crippen molar-refractivity contribution in [1.29, 1.82) is 0 Å². The highest BCUT2D eigenvalue weighted by atomic mass is 16.4. The molecule has 0 aromatic rings. The normalized spacial score (nSPS) is 11.1. The first-order valence-corrected chi connectivity index (χ1v) is 9.02. The van der Waals surface area contributed by atoms with Crippen LogP contribution in [0.2, 0.25) is 0 Å². The topological polar surface area (TPSA) is 268 Å². The fraction of sp³-hybridized carbons (Fsp3) is 0.812. The lowest BCUT2D eigenvalue weighted by molar-refractivity contribution is -0.142. The van der Waals surface area contributed by atoms with E-state index in [1.54, 1.807) is 0 Å². The van der Waals surface area contributed by atoms with Gasteiger partial charge >= 0.3 is 17.9 Å². The van der Waals surface area contributed by atoms with Crippen LogP contribution in [-0.4, -0.2) is 72.5 Å². The zero-order valence-electron chi connectivity index (χ0n) is 16.3. The number of carbonyl (C=O) groups is 3. The van der Waals surface area contributed by atoms with Crippen molar-refractivity contribution in [2.24, 2.45) is 52.2 Å². The van der Waals surface area contributed by atoms with Gasteiger partial charge in [0.15, 0.2) is 0 Å². The van der Waals surface area contributed by atoms with Gasteiger partial charge in [0.2, 0.25) is 0 Å². The van der Waals surface area contributed by atoms with Crippen LogP contribution < -0.4 is 34.4 Å². The van der Waals surface area contributed by atoms with Gasteiger partial charge in [-0.2, -0.15) is 0 Å². The first kappa shape index (κ1) is 30.9. The Balaban J connectivity index is -0.000000340. The average Bonchev–Trinajstić information content (AvgIpc) is 2.64. The summed E-state index contributed by atoms with van der Waals surface area (Å²) in [6.45, 7) is 1.92. The highest BCUT2D eigenvalue weighted by Gasteiger charge is 2.14. The number of carboxylic acids is 3. The van der Waals surface area contributed by atoms with E-state index in [1.807, 2.05) is 0 Å². The maximum Gasteiger partial charge on any atom is 0.309 e. The molecule has 1 atom stereocenters. The molecule has 0 bridgehead atoms. The van der Waals surface area contributed by atoms with Gasteiger partial charge in [-0.15, -0.1) is 0 Å². The van der Waals surface area contributed by atoms with E-state index in [9.17, 15) is 14.4 Å². The molecule has 0 aliphatic rings. The van der Waals surface area contributed by atoms with Crippen molar-refractivity contribution in [2.75, 3.05) is 39.3 Å². The van der Waals surface area contributed by atoms with Gasteiger partial charge in [-0.05, 0) is 51.4 Å². The monoisotopic (exact) mass is 410 g/mol. The van der Waals surface area contributed by atoms with Crippen LogP contribution in [0.1, 0.15) is 25.7 Å². The van der Waals surface area contributed by atoms with Gasteiger partial charge in [-0.3, -0.25) is 14.4 Å². The Kier molecular flexibility index (Phi) is 23.7. The van der Waals surface area contributed by atoms with Gasteiger partial charge in [-0.25, -0.2) is 0 Å². The number of nitrogens with two attached hydrogens (primary N) is 6. The molecule has 0 spiro atoms. The van der Waals surface area contributed by atoms with Crippen LogP contribution in [0.4, 0.5) is 0 Å². The molecule has 0 radical (unpaired) electrons. The average molecular weight is 411 g/mol. The molecule has 28 heavy (non-hydrogen) atoms. The number of carboxylic acid groups (broad SMARTS) is 3. The van der Waals surface area contributed by atoms with Crippen molar-refractivity contribution >= 4 is 17.9 Å². The molecule has 15 N–H and O–H groups in total. The van der Waals surface area contributed by atoms with Gasteiger partial charge in [-0.1, -0.05) is 0 Å². The van der Waals surface area contributed by atoms with E-state index >= 15 is 0 Å². The SMILES string of the molecule is NCC(CN)C(=O)O.NCC(CN)CC(=O)O.NCCCC(CCN)C(=O)O. The van der Waals surface area contributed by atoms with Crippen LogP contribution >= 0.6 is 0 Å². The molecule has 12 nitrogen and oxygen atoms in total. The summed E-state index contributed by atoms with van der Waals surface area (Å²) in [4.78, 5) is 30.5. The number of rotatable bonds is 13. The summed E-state index contributed by atoms with van der Waals surface area (Å²) < 4.78 is 0. The van der Waals surface area contributed by atoms with Crippen LogP contribution in [0.3, 0.4) is 0 Å². The van der Waals surface area contributed by atoms with Gasteiger partial charge < -0.3 is 49.7 Å². The van der Waals surface area contributed by atoms with E-state index in [-0.39, 0.29) is 31.3 Å². The third kappa shape index (κ3) is 20.5. The number of aliphatic carboxylic acids is 3. The summed E-state index contributed by atoms with van der Waals surface area (Å²) in [5.41, 5.74) is 30.9. The Morgan fingerprint density at radius 2 is 1.11 bits per heavy atom. The molecule has 0 saturated heterocycles. The minimum atomic E-state index is -0.921. The molecule has 0 aliphatic heterocycles. The fourth-order valence-corrected chi connectivity index (χ4v) is 1.76. The van der Waals surface area contributed by atoms with E-state index in [4.69, 9.17) is 49.7 Å². The lowest BCUT2D eigenvalue weighted by Crippen LogP contribution is -2.30. The molecule has 0 aromatic heterocycles. The Morgan fingerprint density at radius 1 is 0.643 bits per heavy atom. The summed E-state index contributed by atoms with van der Waals surface area (Å²) in [7, 11) is 0. The maximum atomic E-state index is 10.5. The summed E-state index contributed by atoms with van der Waals surface area (Å²) in [6, 6.07) is 0. The van der Waals surface area contributed by atoms with E-state index in [0.29, 0.717) is 39.0 Å². The van der Waals surface area contributed by atoms with Crippen LogP contribution in [0.15, 0.2) is 0 Å². The predicted octanol–water partition coefficient (Wildman–Crippen LogP) is -2.63. The Hall–Kier alpha value is -1.83. The zero-order chi connectivity index (χ0) is 22.5. The standard InChI is InChI=1S/C7H16N2O2.C5H12N2O2.C4H10N2O2/c8-4-1-2-6(3-5-9)7(10)11;6-2-4(3-7)1-5(8)9;5-1-3(2-6)4(7)8/h6H,1-5,8-9H2,(H,10,11);4H,1-3,6-7H2,(H,8,9);3H,1-2,5-6H2,(H,7,8). The van der Waals surface area contributed by atoms with Crippen LogP contribution in [0.25, 0.3) is 0 Å². The van der Waals surface area contributed by atoms with E-state index in [1.165, 1.54) is 0 Å². The molecule has 12 heteroatoms. The van der Waals surface area contributed by atoms with Gasteiger partial charge in [0.25, 0.3) is 0 Å². The van der Waals surface area contributed by atoms with Crippen molar-refractivity contribution in [2.45, 2.75) is 25.7 Å². The summed E-state index contributed by atoms with van der Waals surface area (Å²) in [5, 5.41) is 25.1. The largest absolute Gasteiger partial charge is 0.481 e. The first-order chi connectivity index (χ1) is 13.1. The van der Waals surface area contributed by atoms with E-state index in [0.717, 1.165) is 6.42 Å². The van der Waals surface area contributed by atoms with Crippen LogP contribution in [0, 0.1) is 17.8 Å². The minimum Gasteiger partial charge on any atom is -0.481 e. The molecule has 0 amide bonds. The highest BCUT2D eigenvalue weighted by Crippen LogP contribution is 2.09. The second kappa shape index (κ2) is 21.5. The van der Waals surface area contributed by atoms with Crippen molar-refractivity contribution < 1.29 is 29.7 Å². The smallest absolute Gasteiger partial charge is 0.309 e. The van der Waals surface area contributed by atoms with Crippen LogP contribution in [-0.2, 0) is 14.4 Å². The summed E-state index contributed by atoms with van der Waals surface area (Å²) in [6.07, 6.45) is 2.03. The van der Waals surface area contributed by atoms with Crippen molar-refractivity contribution in [3.63, 3.8) is 0 Å². The lowest BCUT2D eigenvalue weighted by atomic mass is 10.00. The van der Waals surface area contributed by atoms with Crippen molar-refractivity contribution in [1.82, 2.24) is 0 Å². The molecule has 0 saturated carbocycles. The fourth-order valence-electron chi connectivity index (χ4n) is 1.76. The van der Waals surface area contributed by atoms with Gasteiger partial charge in [0.05, 0.1) is 18.3 Å². The number of hydrogen-bond acceptors (Lipinski definition) is 9. The van der Waals surface area contributed by atoms with E-state index < -0.39 is 23.8 Å². The Bertz CT molecular complexity index is 405. The minimum absolute atomic E-state index is 0.0671. The Morgan fingerprint density at radius 3 is 1.29 bits per heavy atom. The number of hydrogen-bond donors (Lipinski definition) is 9. The molecule has 0 fully saturated rings. The molecular weight excluding hydrogens is 372 g/mol. The molecule has 0 heterocycles. The lowest BCUT2D eigenvalue weighted by Gasteiger charge is -2.08. The highest BCUT2D eigenvalue weighted by molar-refractivity contribution is 5.70. The molecule has 0 rings (SSSR count). The predicted molar refractivity (Wildman–Crippen MR) is 106 cm³/mol. The zero-order valence-corrected chi connectivity index (χ0v) is 16.3. The quantitative estimate of drug-likeness (QED) is 0.151. The third-order valence-corrected chi connectivity index (χ3v) is 3.67. The third-order valence-electron chi connectivity index (χ3n) is 3.67. The summed E-state index contributed by atoms with van der Waals surface area (Å²) >= 11 is 0. The second-order valence-corrected chi connectivity index (χ2v) is 5.99. The molecule has 0 aromatic carbocycles. The maximum absolute atomic E-state index is 10.5.